The van der Waals surface area contributed by atoms with Crippen LogP contribution in [0.15, 0.2) is 24.3 Å². The summed E-state index contributed by atoms with van der Waals surface area (Å²) in [6, 6.07) is 7.05. The van der Waals surface area contributed by atoms with Gasteiger partial charge in [-0.25, -0.2) is 0 Å². The number of benzene rings is 2. The van der Waals surface area contributed by atoms with Crippen LogP contribution in [-0.2, 0) is 6.42 Å². The van der Waals surface area contributed by atoms with Gasteiger partial charge in [0.25, 0.3) is 5.91 Å². The van der Waals surface area contributed by atoms with Crippen molar-refractivity contribution >= 4 is 5.91 Å². The molecule has 2 aromatic carbocycles. The van der Waals surface area contributed by atoms with Gasteiger partial charge in [0.2, 0.25) is 0 Å². The Labute approximate surface area is 158 Å². The number of rotatable bonds is 8. The van der Waals surface area contributed by atoms with Crippen LogP contribution in [0.2, 0.25) is 0 Å². The molecule has 0 atom stereocenters. The summed E-state index contributed by atoms with van der Waals surface area (Å²) in [6.07, 6.45) is 0.295. The molecule has 0 aliphatic rings. The molecule has 0 saturated carbocycles. The van der Waals surface area contributed by atoms with Gasteiger partial charge in [-0.15, -0.1) is 0 Å². The van der Waals surface area contributed by atoms with Crippen LogP contribution in [0.25, 0.3) is 11.1 Å². The van der Waals surface area contributed by atoms with Gasteiger partial charge in [-0.1, -0.05) is 6.07 Å². The minimum absolute atomic E-state index is 0.106. The lowest BCUT2D eigenvalue weighted by Gasteiger charge is -2.21. The number of aliphatic hydroxyl groups excluding tert-OH is 1. The average Bonchev–Trinajstić information content (AvgIpc) is 2.71. The van der Waals surface area contributed by atoms with Crippen molar-refractivity contribution in [1.29, 1.82) is 0 Å². The topological polar surface area (TPSA) is 86.3 Å². The van der Waals surface area contributed by atoms with E-state index in [0.717, 1.165) is 0 Å². The lowest BCUT2D eigenvalue weighted by molar-refractivity contribution is 0.0962. The van der Waals surface area contributed by atoms with Crippen molar-refractivity contribution in [3.63, 3.8) is 0 Å². The standard InChI is InChI=1S/C20H25NO6/c1-21-20(23)18-13(8-9-22)11-16(26-4)19(27-5)17(18)12-6-7-14(24-2)15(10-12)25-3/h6-7,10-11,22H,8-9H2,1-5H3,(H,21,23). The minimum Gasteiger partial charge on any atom is -0.493 e. The molecule has 0 aliphatic heterocycles. The molecule has 0 fully saturated rings. The molecule has 146 valence electrons. The second-order valence-electron chi connectivity index (χ2n) is 5.64. The summed E-state index contributed by atoms with van der Waals surface area (Å²) in [7, 11) is 7.69. The molecular formula is C20H25NO6. The smallest absolute Gasteiger partial charge is 0.252 e. The van der Waals surface area contributed by atoms with Crippen molar-refractivity contribution in [2.75, 3.05) is 42.1 Å². The maximum absolute atomic E-state index is 12.7. The first kappa shape index (κ1) is 20.4. The molecule has 2 aromatic rings. The monoisotopic (exact) mass is 375 g/mol. The number of carbonyl (C=O) groups excluding carboxylic acids is 1. The number of hydrogen-bond acceptors (Lipinski definition) is 6. The maximum atomic E-state index is 12.7. The van der Waals surface area contributed by atoms with Gasteiger partial charge in [-0.3, -0.25) is 4.79 Å². The fourth-order valence-electron chi connectivity index (χ4n) is 3.02. The van der Waals surface area contributed by atoms with E-state index in [1.807, 2.05) is 6.07 Å². The van der Waals surface area contributed by atoms with E-state index >= 15 is 0 Å². The third kappa shape index (κ3) is 3.93. The molecule has 2 N–H and O–H groups in total. The highest BCUT2D eigenvalue weighted by Crippen LogP contribution is 2.44. The van der Waals surface area contributed by atoms with Crippen molar-refractivity contribution < 1.29 is 28.8 Å². The Hall–Kier alpha value is -2.93. The number of amides is 1. The normalized spacial score (nSPS) is 10.3. The molecule has 2 rings (SSSR count). The lowest BCUT2D eigenvalue weighted by atomic mass is 9.91. The van der Waals surface area contributed by atoms with Crippen LogP contribution in [0.4, 0.5) is 0 Å². The van der Waals surface area contributed by atoms with Gasteiger partial charge < -0.3 is 29.4 Å². The predicted octanol–water partition coefficient (Wildman–Crippen LogP) is 2.28. The summed E-state index contributed by atoms with van der Waals surface area (Å²) in [5.74, 6) is 1.69. The number of hydrogen-bond donors (Lipinski definition) is 2. The number of ether oxygens (including phenoxy) is 4. The SMILES string of the molecule is CNC(=O)c1c(CCO)cc(OC)c(OC)c1-c1ccc(OC)c(OC)c1. The van der Waals surface area contributed by atoms with Crippen LogP contribution in [0, 0.1) is 0 Å². The Kier molecular flexibility index (Phi) is 6.90. The van der Waals surface area contributed by atoms with E-state index in [4.69, 9.17) is 18.9 Å². The first-order valence-electron chi connectivity index (χ1n) is 8.39. The third-order valence-corrected chi connectivity index (χ3v) is 4.26. The zero-order valence-electron chi connectivity index (χ0n) is 16.2. The zero-order valence-corrected chi connectivity index (χ0v) is 16.2. The summed E-state index contributed by atoms with van der Waals surface area (Å²) in [4.78, 5) is 12.7. The van der Waals surface area contributed by atoms with Crippen LogP contribution >= 0.6 is 0 Å². The first-order valence-corrected chi connectivity index (χ1v) is 8.39. The molecule has 0 heterocycles. The van der Waals surface area contributed by atoms with Gasteiger partial charge >= 0.3 is 0 Å². The molecular weight excluding hydrogens is 350 g/mol. The summed E-state index contributed by atoms with van der Waals surface area (Å²) < 4.78 is 21.7. The Balaban J connectivity index is 2.90. The van der Waals surface area contributed by atoms with Crippen LogP contribution < -0.4 is 24.3 Å². The molecule has 0 aliphatic carbocycles. The van der Waals surface area contributed by atoms with Crippen molar-refractivity contribution in [3.05, 3.63) is 35.4 Å². The third-order valence-electron chi connectivity index (χ3n) is 4.26. The van der Waals surface area contributed by atoms with Crippen LogP contribution in [0.1, 0.15) is 15.9 Å². The molecule has 7 heteroatoms. The fraction of sp³-hybridized carbons (Fsp3) is 0.350. The number of methoxy groups -OCH3 is 4. The van der Waals surface area contributed by atoms with E-state index in [1.54, 1.807) is 39.5 Å². The summed E-state index contributed by atoms with van der Waals surface area (Å²) in [5, 5.41) is 12.1. The molecule has 1 amide bonds. The Bertz CT molecular complexity index is 819. The van der Waals surface area contributed by atoms with E-state index in [-0.39, 0.29) is 12.5 Å². The molecule has 0 saturated heterocycles. The molecule has 0 bridgehead atoms. The summed E-state index contributed by atoms with van der Waals surface area (Å²) in [6.45, 7) is -0.106. The van der Waals surface area contributed by atoms with Crippen molar-refractivity contribution in [2.45, 2.75) is 6.42 Å². The summed E-state index contributed by atoms with van der Waals surface area (Å²) in [5.41, 5.74) is 2.32. The van der Waals surface area contributed by atoms with Crippen molar-refractivity contribution in [3.8, 4) is 34.1 Å². The second kappa shape index (κ2) is 9.14. The van der Waals surface area contributed by atoms with E-state index < -0.39 is 0 Å². The highest BCUT2D eigenvalue weighted by atomic mass is 16.5. The maximum Gasteiger partial charge on any atom is 0.252 e. The fourth-order valence-corrected chi connectivity index (χ4v) is 3.02. The first-order chi connectivity index (χ1) is 13.1. The van der Waals surface area contributed by atoms with E-state index in [0.29, 0.717) is 51.7 Å². The van der Waals surface area contributed by atoms with Crippen molar-refractivity contribution in [2.24, 2.45) is 0 Å². The average molecular weight is 375 g/mol. The van der Waals surface area contributed by atoms with Crippen molar-refractivity contribution in [1.82, 2.24) is 5.32 Å². The van der Waals surface area contributed by atoms with Gasteiger partial charge in [0.1, 0.15) is 0 Å². The Morgan fingerprint density at radius 3 is 2.15 bits per heavy atom. The van der Waals surface area contributed by atoms with Gasteiger partial charge in [0.15, 0.2) is 23.0 Å². The highest BCUT2D eigenvalue weighted by Gasteiger charge is 2.25. The van der Waals surface area contributed by atoms with Gasteiger partial charge in [-0.05, 0) is 35.7 Å². The number of carbonyl (C=O) groups is 1. The van der Waals surface area contributed by atoms with Crippen LogP contribution in [0.3, 0.4) is 0 Å². The number of aliphatic hydroxyl groups is 1. The van der Waals surface area contributed by atoms with Gasteiger partial charge in [0, 0.05) is 19.2 Å². The molecule has 27 heavy (non-hydrogen) atoms. The second-order valence-corrected chi connectivity index (χ2v) is 5.64. The number of nitrogens with one attached hydrogen (secondary N) is 1. The van der Waals surface area contributed by atoms with E-state index in [9.17, 15) is 9.90 Å². The van der Waals surface area contributed by atoms with Crippen LogP contribution in [-0.4, -0.2) is 53.1 Å². The van der Waals surface area contributed by atoms with Gasteiger partial charge in [0.05, 0.1) is 34.0 Å². The molecule has 0 spiro atoms. The highest BCUT2D eigenvalue weighted by molar-refractivity contribution is 6.04. The van der Waals surface area contributed by atoms with E-state index in [2.05, 4.69) is 5.32 Å². The van der Waals surface area contributed by atoms with Gasteiger partial charge in [-0.2, -0.15) is 0 Å². The Morgan fingerprint density at radius 2 is 1.63 bits per heavy atom. The molecule has 0 unspecified atom stereocenters. The Morgan fingerprint density at radius 1 is 0.963 bits per heavy atom. The molecule has 7 nitrogen and oxygen atoms in total. The van der Waals surface area contributed by atoms with E-state index in [1.165, 1.54) is 14.2 Å². The minimum atomic E-state index is -0.288. The zero-order chi connectivity index (χ0) is 20.0. The summed E-state index contributed by atoms with van der Waals surface area (Å²) >= 11 is 0. The molecule has 0 radical (unpaired) electrons. The van der Waals surface area contributed by atoms with Crippen LogP contribution in [0.5, 0.6) is 23.0 Å². The molecule has 0 aromatic heterocycles. The lowest BCUT2D eigenvalue weighted by Crippen LogP contribution is -2.21. The quantitative estimate of drug-likeness (QED) is 0.736. The predicted molar refractivity (Wildman–Crippen MR) is 102 cm³/mol. The largest absolute Gasteiger partial charge is 0.493 e.